The van der Waals surface area contributed by atoms with Crippen molar-refractivity contribution in [1.29, 1.82) is 0 Å². The SMILES string of the molecule is CC(C)Oc1ccc(CCNC(=O)C(CN)c2ccccc2)cc1. The van der Waals surface area contributed by atoms with Crippen molar-refractivity contribution in [2.24, 2.45) is 5.73 Å². The maximum atomic E-state index is 12.3. The van der Waals surface area contributed by atoms with Crippen molar-refractivity contribution >= 4 is 5.91 Å². The third kappa shape index (κ3) is 5.39. The zero-order chi connectivity index (χ0) is 17.4. The van der Waals surface area contributed by atoms with E-state index in [9.17, 15) is 4.79 Å². The maximum Gasteiger partial charge on any atom is 0.228 e. The monoisotopic (exact) mass is 326 g/mol. The summed E-state index contributed by atoms with van der Waals surface area (Å²) in [4.78, 5) is 12.3. The molecule has 0 saturated carbocycles. The van der Waals surface area contributed by atoms with Crippen molar-refractivity contribution < 1.29 is 9.53 Å². The number of carbonyl (C=O) groups is 1. The van der Waals surface area contributed by atoms with Crippen LogP contribution in [-0.4, -0.2) is 25.1 Å². The minimum atomic E-state index is -0.298. The van der Waals surface area contributed by atoms with Crippen molar-refractivity contribution in [2.75, 3.05) is 13.1 Å². The number of rotatable bonds is 8. The molecule has 0 heterocycles. The fourth-order valence-corrected chi connectivity index (χ4v) is 2.54. The molecule has 0 radical (unpaired) electrons. The molecule has 1 amide bonds. The highest BCUT2D eigenvalue weighted by atomic mass is 16.5. The summed E-state index contributed by atoms with van der Waals surface area (Å²) in [6.07, 6.45) is 0.945. The molecule has 0 aromatic heterocycles. The Bertz CT molecular complexity index is 624. The van der Waals surface area contributed by atoms with E-state index in [-0.39, 0.29) is 17.9 Å². The van der Waals surface area contributed by atoms with Gasteiger partial charge in [0.15, 0.2) is 0 Å². The Morgan fingerprint density at radius 1 is 1.08 bits per heavy atom. The van der Waals surface area contributed by atoms with Gasteiger partial charge in [0, 0.05) is 13.1 Å². The van der Waals surface area contributed by atoms with E-state index in [0.29, 0.717) is 13.1 Å². The summed E-state index contributed by atoms with van der Waals surface area (Å²) in [5, 5.41) is 2.98. The van der Waals surface area contributed by atoms with Gasteiger partial charge in [0.05, 0.1) is 12.0 Å². The van der Waals surface area contributed by atoms with Crippen LogP contribution in [0.5, 0.6) is 5.75 Å². The van der Waals surface area contributed by atoms with Crippen LogP contribution >= 0.6 is 0 Å². The van der Waals surface area contributed by atoms with Gasteiger partial charge in [0.2, 0.25) is 5.91 Å². The van der Waals surface area contributed by atoms with Crippen LogP contribution in [0.1, 0.15) is 30.9 Å². The summed E-state index contributed by atoms with van der Waals surface area (Å²) in [6.45, 7) is 4.90. The van der Waals surface area contributed by atoms with Crippen molar-refractivity contribution in [3.8, 4) is 5.75 Å². The molecule has 0 bridgehead atoms. The highest BCUT2D eigenvalue weighted by Gasteiger charge is 2.18. The first-order valence-corrected chi connectivity index (χ1v) is 8.38. The van der Waals surface area contributed by atoms with Gasteiger partial charge < -0.3 is 15.8 Å². The fraction of sp³-hybridized carbons (Fsp3) is 0.350. The van der Waals surface area contributed by atoms with Crippen LogP contribution < -0.4 is 15.8 Å². The molecule has 128 valence electrons. The molecule has 1 unspecified atom stereocenters. The summed E-state index contributed by atoms with van der Waals surface area (Å²) in [5.74, 6) is 0.543. The molecule has 2 aromatic rings. The van der Waals surface area contributed by atoms with Crippen molar-refractivity contribution in [3.63, 3.8) is 0 Å². The molecular formula is C20H26N2O2. The normalized spacial score (nSPS) is 12.0. The quantitative estimate of drug-likeness (QED) is 0.784. The summed E-state index contributed by atoms with van der Waals surface area (Å²) in [5.41, 5.74) is 7.88. The first-order valence-electron chi connectivity index (χ1n) is 8.38. The molecule has 0 fully saturated rings. The maximum absolute atomic E-state index is 12.3. The van der Waals surface area contributed by atoms with Crippen LogP contribution in [0.15, 0.2) is 54.6 Å². The average Bonchev–Trinajstić information content (AvgIpc) is 2.58. The number of nitrogens with one attached hydrogen (secondary N) is 1. The Kier molecular flexibility index (Phi) is 6.82. The van der Waals surface area contributed by atoms with Gasteiger partial charge in [-0.05, 0) is 43.5 Å². The van der Waals surface area contributed by atoms with E-state index in [0.717, 1.165) is 23.3 Å². The number of amides is 1. The van der Waals surface area contributed by atoms with Crippen LogP contribution in [-0.2, 0) is 11.2 Å². The molecule has 4 heteroatoms. The molecule has 2 aromatic carbocycles. The van der Waals surface area contributed by atoms with E-state index in [1.165, 1.54) is 0 Å². The Hall–Kier alpha value is -2.33. The molecule has 0 saturated heterocycles. The van der Waals surface area contributed by atoms with Crippen molar-refractivity contribution in [2.45, 2.75) is 32.3 Å². The predicted molar refractivity (Wildman–Crippen MR) is 97.2 cm³/mol. The van der Waals surface area contributed by atoms with Gasteiger partial charge in [0.1, 0.15) is 5.75 Å². The van der Waals surface area contributed by atoms with E-state index < -0.39 is 0 Å². The number of nitrogens with two attached hydrogens (primary N) is 1. The van der Waals surface area contributed by atoms with E-state index in [1.807, 2.05) is 68.4 Å². The Morgan fingerprint density at radius 3 is 2.33 bits per heavy atom. The van der Waals surface area contributed by atoms with Crippen LogP contribution in [0.4, 0.5) is 0 Å². The lowest BCUT2D eigenvalue weighted by atomic mass is 9.98. The van der Waals surface area contributed by atoms with Crippen molar-refractivity contribution in [1.82, 2.24) is 5.32 Å². The van der Waals surface area contributed by atoms with Crippen LogP contribution in [0.25, 0.3) is 0 Å². The summed E-state index contributed by atoms with van der Waals surface area (Å²) >= 11 is 0. The molecule has 0 aliphatic rings. The summed E-state index contributed by atoms with van der Waals surface area (Å²) in [6, 6.07) is 17.6. The molecule has 3 N–H and O–H groups in total. The van der Waals surface area contributed by atoms with Gasteiger partial charge in [0.25, 0.3) is 0 Å². The number of ether oxygens (including phenoxy) is 1. The standard InChI is InChI=1S/C20H26N2O2/c1-15(2)24-18-10-8-16(9-11-18)12-13-22-20(23)19(14-21)17-6-4-3-5-7-17/h3-11,15,19H,12-14,21H2,1-2H3,(H,22,23). The van der Waals surface area contributed by atoms with E-state index in [2.05, 4.69) is 5.32 Å². The number of hydrogen-bond donors (Lipinski definition) is 2. The lowest BCUT2D eigenvalue weighted by Gasteiger charge is -2.15. The highest BCUT2D eigenvalue weighted by Crippen LogP contribution is 2.15. The Labute approximate surface area is 144 Å². The van der Waals surface area contributed by atoms with Crippen molar-refractivity contribution in [3.05, 3.63) is 65.7 Å². The lowest BCUT2D eigenvalue weighted by Crippen LogP contribution is -2.34. The molecule has 2 rings (SSSR count). The van der Waals surface area contributed by atoms with Gasteiger partial charge >= 0.3 is 0 Å². The minimum absolute atomic E-state index is 0.0246. The molecule has 0 aliphatic heterocycles. The number of hydrogen-bond acceptors (Lipinski definition) is 3. The van der Waals surface area contributed by atoms with Gasteiger partial charge in [-0.1, -0.05) is 42.5 Å². The van der Waals surface area contributed by atoms with Gasteiger partial charge in [-0.3, -0.25) is 4.79 Å². The molecule has 24 heavy (non-hydrogen) atoms. The molecule has 1 atom stereocenters. The zero-order valence-corrected chi connectivity index (χ0v) is 14.4. The molecule has 0 aliphatic carbocycles. The second-order valence-corrected chi connectivity index (χ2v) is 6.05. The second kappa shape index (κ2) is 9.08. The fourth-order valence-electron chi connectivity index (χ4n) is 2.54. The smallest absolute Gasteiger partial charge is 0.228 e. The van der Waals surface area contributed by atoms with E-state index in [1.54, 1.807) is 0 Å². The number of benzene rings is 2. The molecule has 0 spiro atoms. The average molecular weight is 326 g/mol. The number of carbonyl (C=O) groups excluding carboxylic acids is 1. The third-order valence-corrected chi connectivity index (χ3v) is 3.76. The molecule has 4 nitrogen and oxygen atoms in total. The topological polar surface area (TPSA) is 64.3 Å². The summed E-state index contributed by atoms with van der Waals surface area (Å²) < 4.78 is 5.62. The van der Waals surface area contributed by atoms with Gasteiger partial charge in [-0.2, -0.15) is 0 Å². The Balaban J connectivity index is 1.83. The largest absolute Gasteiger partial charge is 0.491 e. The highest BCUT2D eigenvalue weighted by molar-refractivity contribution is 5.83. The molecular weight excluding hydrogens is 300 g/mol. The Morgan fingerprint density at radius 2 is 1.75 bits per heavy atom. The first-order chi connectivity index (χ1) is 11.6. The lowest BCUT2D eigenvalue weighted by molar-refractivity contribution is -0.122. The second-order valence-electron chi connectivity index (χ2n) is 6.05. The first kappa shape index (κ1) is 18.0. The van der Waals surface area contributed by atoms with Crippen LogP contribution in [0.3, 0.4) is 0 Å². The van der Waals surface area contributed by atoms with Gasteiger partial charge in [-0.25, -0.2) is 0 Å². The van der Waals surface area contributed by atoms with Crippen LogP contribution in [0.2, 0.25) is 0 Å². The van der Waals surface area contributed by atoms with E-state index in [4.69, 9.17) is 10.5 Å². The minimum Gasteiger partial charge on any atom is -0.491 e. The van der Waals surface area contributed by atoms with Crippen LogP contribution in [0, 0.1) is 0 Å². The van der Waals surface area contributed by atoms with Gasteiger partial charge in [-0.15, -0.1) is 0 Å². The third-order valence-electron chi connectivity index (χ3n) is 3.76. The summed E-state index contributed by atoms with van der Waals surface area (Å²) in [7, 11) is 0. The van der Waals surface area contributed by atoms with E-state index >= 15 is 0 Å². The predicted octanol–water partition coefficient (Wildman–Crippen LogP) is 2.88. The zero-order valence-electron chi connectivity index (χ0n) is 14.4.